The highest BCUT2D eigenvalue weighted by Crippen LogP contribution is 2.30. The second-order valence-corrected chi connectivity index (χ2v) is 6.21. The zero-order valence-corrected chi connectivity index (χ0v) is 14.8. The summed E-state index contributed by atoms with van der Waals surface area (Å²) in [5, 5.41) is 13.0. The molecular formula is C17H13F3N6O3. The molecule has 0 saturated heterocycles. The van der Waals surface area contributed by atoms with Crippen LogP contribution in [0.1, 0.15) is 16.3 Å². The number of rotatable bonds is 2. The van der Waals surface area contributed by atoms with E-state index in [2.05, 4.69) is 20.6 Å². The molecule has 1 aromatic carbocycles. The fourth-order valence-corrected chi connectivity index (χ4v) is 2.86. The second-order valence-electron chi connectivity index (χ2n) is 6.21. The number of hydrogen-bond acceptors (Lipinski definition) is 6. The maximum Gasteiger partial charge on any atom is 0.435 e. The maximum atomic E-state index is 12.9. The highest BCUT2D eigenvalue weighted by Gasteiger charge is 2.35. The average molecular weight is 406 g/mol. The van der Waals surface area contributed by atoms with Crippen LogP contribution in [0, 0.1) is 0 Å². The van der Waals surface area contributed by atoms with Crippen LogP contribution in [-0.4, -0.2) is 51.3 Å². The molecule has 12 heteroatoms. The SMILES string of the molecule is CN1C(=O)C(NC(=O)c2nnc3ccc(C(F)(F)F)nn23)COc2ccccc21. The summed E-state index contributed by atoms with van der Waals surface area (Å²) in [6.07, 6.45) is -4.70. The first-order chi connectivity index (χ1) is 13.8. The molecule has 2 amide bonds. The third-order valence-corrected chi connectivity index (χ3v) is 4.32. The Morgan fingerprint density at radius 2 is 1.97 bits per heavy atom. The van der Waals surface area contributed by atoms with Crippen molar-refractivity contribution >= 4 is 23.1 Å². The quantitative estimate of drug-likeness (QED) is 0.688. The molecule has 2 aromatic heterocycles. The van der Waals surface area contributed by atoms with E-state index in [-0.39, 0.29) is 12.3 Å². The summed E-state index contributed by atoms with van der Waals surface area (Å²) in [7, 11) is 1.53. The first-order valence-corrected chi connectivity index (χ1v) is 8.35. The standard InChI is InChI=1S/C17H13F3N6O3/c1-25-10-4-2-3-5-11(10)29-8-9(16(25)28)21-15(27)14-23-22-13-7-6-12(17(18,19)20)24-26(13)14/h2-7,9H,8H2,1H3,(H,21,27). The minimum absolute atomic E-state index is 0.0453. The van der Waals surface area contributed by atoms with E-state index in [9.17, 15) is 22.8 Å². The van der Waals surface area contributed by atoms with E-state index < -0.39 is 35.6 Å². The first-order valence-electron chi connectivity index (χ1n) is 8.35. The summed E-state index contributed by atoms with van der Waals surface area (Å²) in [6.45, 7) is -0.163. The van der Waals surface area contributed by atoms with Gasteiger partial charge in [-0.15, -0.1) is 10.2 Å². The van der Waals surface area contributed by atoms with Gasteiger partial charge in [-0.2, -0.15) is 22.8 Å². The van der Waals surface area contributed by atoms with Gasteiger partial charge in [0.15, 0.2) is 11.3 Å². The number of halogens is 3. The van der Waals surface area contributed by atoms with Gasteiger partial charge in [0.2, 0.25) is 5.82 Å². The van der Waals surface area contributed by atoms with E-state index in [1.54, 1.807) is 24.3 Å². The average Bonchev–Trinajstić information content (AvgIpc) is 3.08. The number of benzene rings is 1. The normalized spacial score (nSPS) is 16.9. The van der Waals surface area contributed by atoms with Crippen LogP contribution in [0.5, 0.6) is 5.75 Å². The summed E-state index contributed by atoms with van der Waals surface area (Å²) in [4.78, 5) is 26.6. The molecule has 1 N–H and O–H groups in total. The summed E-state index contributed by atoms with van der Waals surface area (Å²) >= 11 is 0. The molecule has 0 spiro atoms. The van der Waals surface area contributed by atoms with E-state index >= 15 is 0 Å². The van der Waals surface area contributed by atoms with Gasteiger partial charge in [-0.05, 0) is 24.3 Å². The fraction of sp³-hybridized carbons (Fsp3) is 0.235. The highest BCUT2D eigenvalue weighted by molar-refractivity contribution is 6.02. The molecule has 0 aliphatic carbocycles. The van der Waals surface area contributed by atoms with Gasteiger partial charge in [0.25, 0.3) is 11.8 Å². The van der Waals surface area contributed by atoms with Crippen LogP contribution in [0.15, 0.2) is 36.4 Å². The molecule has 1 aliphatic rings. The van der Waals surface area contributed by atoms with E-state index in [4.69, 9.17) is 4.74 Å². The zero-order chi connectivity index (χ0) is 20.8. The molecular weight excluding hydrogens is 393 g/mol. The zero-order valence-electron chi connectivity index (χ0n) is 14.8. The maximum absolute atomic E-state index is 12.9. The smallest absolute Gasteiger partial charge is 0.435 e. The fourth-order valence-electron chi connectivity index (χ4n) is 2.86. The Labute approximate surface area is 161 Å². The van der Waals surface area contributed by atoms with E-state index in [1.807, 2.05) is 0 Å². The summed E-state index contributed by atoms with van der Waals surface area (Å²) in [6, 6.07) is 7.53. The predicted molar refractivity (Wildman–Crippen MR) is 92.4 cm³/mol. The number of likely N-dealkylation sites (N-methyl/N-ethyl adjacent to an activating group) is 1. The van der Waals surface area contributed by atoms with Gasteiger partial charge in [0.1, 0.15) is 18.4 Å². The van der Waals surface area contributed by atoms with Crippen molar-refractivity contribution < 1.29 is 27.5 Å². The Bertz CT molecular complexity index is 1110. The monoisotopic (exact) mass is 406 g/mol. The van der Waals surface area contributed by atoms with Crippen molar-refractivity contribution in [2.75, 3.05) is 18.6 Å². The topological polar surface area (TPSA) is 102 Å². The number of amides is 2. The van der Waals surface area contributed by atoms with Gasteiger partial charge in [0.05, 0.1) is 5.69 Å². The van der Waals surface area contributed by atoms with Gasteiger partial charge in [-0.1, -0.05) is 12.1 Å². The lowest BCUT2D eigenvalue weighted by molar-refractivity contribution is -0.141. The Hall–Kier alpha value is -3.70. The van der Waals surface area contributed by atoms with Crippen LogP contribution in [0.4, 0.5) is 18.9 Å². The third kappa shape index (κ3) is 3.32. The number of carbonyl (C=O) groups is 2. The summed E-state index contributed by atoms with van der Waals surface area (Å²) < 4.78 is 45.0. The van der Waals surface area contributed by atoms with E-state index in [0.29, 0.717) is 16.0 Å². The lowest BCUT2D eigenvalue weighted by atomic mass is 10.2. The van der Waals surface area contributed by atoms with Crippen LogP contribution in [-0.2, 0) is 11.0 Å². The van der Waals surface area contributed by atoms with Gasteiger partial charge >= 0.3 is 6.18 Å². The van der Waals surface area contributed by atoms with Gasteiger partial charge in [-0.25, -0.2) is 0 Å². The van der Waals surface area contributed by atoms with Crippen molar-refractivity contribution in [3.8, 4) is 5.75 Å². The van der Waals surface area contributed by atoms with Crippen LogP contribution >= 0.6 is 0 Å². The largest absolute Gasteiger partial charge is 0.489 e. The molecule has 0 fully saturated rings. The van der Waals surface area contributed by atoms with Crippen molar-refractivity contribution in [3.05, 3.63) is 47.9 Å². The number of alkyl halides is 3. The number of nitrogens with one attached hydrogen (secondary N) is 1. The van der Waals surface area contributed by atoms with Crippen molar-refractivity contribution in [3.63, 3.8) is 0 Å². The minimum Gasteiger partial charge on any atom is -0.489 e. The predicted octanol–water partition coefficient (Wildman–Crippen LogP) is 1.30. The van der Waals surface area contributed by atoms with Gasteiger partial charge in [0, 0.05) is 7.05 Å². The van der Waals surface area contributed by atoms with Crippen LogP contribution < -0.4 is 15.0 Å². The molecule has 0 radical (unpaired) electrons. The molecule has 4 rings (SSSR count). The third-order valence-electron chi connectivity index (χ3n) is 4.32. The molecule has 0 bridgehead atoms. The lowest BCUT2D eigenvalue weighted by Crippen LogP contribution is -2.49. The van der Waals surface area contributed by atoms with E-state index in [0.717, 1.165) is 12.1 Å². The van der Waals surface area contributed by atoms with Crippen molar-refractivity contribution in [1.82, 2.24) is 25.1 Å². The van der Waals surface area contributed by atoms with Gasteiger partial charge < -0.3 is 15.0 Å². The van der Waals surface area contributed by atoms with Crippen LogP contribution in [0.2, 0.25) is 0 Å². The molecule has 29 heavy (non-hydrogen) atoms. The molecule has 1 aliphatic heterocycles. The lowest BCUT2D eigenvalue weighted by Gasteiger charge is -2.20. The number of fused-ring (bicyclic) bond motifs is 2. The number of hydrogen-bond donors (Lipinski definition) is 1. The summed E-state index contributed by atoms with van der Waals surface area (Å²) in [5.74, 6) is -1.39. The number of nitrogens with zero attached hydrogens (tertiary/aromatic N) is 5. The molecule has 3 heterocycles. The molecule has 9 nitrogen and oxygen atoms in total. The Morgan fingerprint density at radius 3 is 2.72 bits per heavy atom. The molecule has 3 aromatic rings. The van der Waals surface area contributed by atoms with Crippen LogP contribution in [0.25, 0.3) is 5.65 Å². The second kappa shape index (κ2) is 6.72. The molecule has 0 saturated carbocycles. The minimum atomic E-state index is -4.70. The van der Waals surface area contributed by atoms with E-state index in [1.165, 1.54) is 11.9 Å². The first kappa shape index (κ1) is 18.7. The van der Waals surface area contributed by atoms with Gasteiger partial charge in [-0.3, -0.25) is 9.59 Å². The van der Waals surface area contributed by atoms with Crippen molar-refractivity contribution in [1.29, 1.82) is 0 Å². The van der Waals surface area contributed by atoms with Crippen molar-refractivity contribution in [2.45, 2.75) is 12.2 Å². The number of aromatic nitrogens is 4. The Balaban J connectivity index is 1.61. The Morgan fingerprint density at radius 1 is 1.21 bits per heavy atom. The molecule has 1 unspecified atom stereocenters. The summed E-state index contributed by atoms with van der Waals surface area (Å²) in [5.41, 5.74) is -0.724. The van der Waals surface area contributed by atoms with Crippen LogP contribution in [0.3, 0.4) is 0 Å². The van der Waals surface area contributed by atoms with Crippen molar-refractivity contribution in [2.24, 2.45) is 0 Å². The molecule has 150 valence electrons. The molecule has 1 atom stereocenters. The Kier molecular flexibility index (Phi) is 4.32. The number of ether oxygens (including phenoxy) is 1. The number of anilines is 1. The number of carbonyl (C=O) groups excluding carboxylic acids is 2. The number of para-hydroxylation sites is 2. The highest BCUT2D eigenvalue weighted by atomic mass is 19.4.